The molecule has 0 radical (unpaired) electrons. The predicted octanol–water partition coefficient (Wildman–Crippen LogP) is 2.13. The SMILES string of the molecule is N#Cc1ccc(CNC(=O)c2ncc3nc(N4CCCC4)ccc3c2O)cn1. The lowest BCUT2D eigenvalue weighted by molar-refractivity contribution is 0.0943. The van der Waals surface area contributed by atoms with E-state index in [-0.39, 0.29) is 18.0 Å². The molecule has 3 aromatic rings. The van der Waals surface area contributed by atoms with Crippen LogP contribution in [0.1, 0.15) is 34.6 Å². The molecule has 0 unspecified atom stereocenters. The summed E-state index contributed by atoms with van der Waals surface area (Å²) in [6.07, 6.45) is 5.33. The summed E-state index contributed by atoms with van der Waals surface area (Å²) >= 11 is 0. The van der Waals surface area contributed by atoms with Crippen molar-refractivity contribution in [3.8, 4) is 11.8 Å². The third-order valence-corrected chi connectivity index (χ3v) is 4.74. The molecule has 4 heterocycles. The van der Waals surface area contributed by atoms with Crippen LogP contribution in [-0.2, 0) is 6.54 Å². The van der Waals surface area contributed by atoms with Gasteiger partial charge in [-0.1, -0.05) is 6.07 Å². The summed E-state index contributed by atoms with van der Waals surface area (Å²) in [4.78, 5) is 27.3. The van der Waals surface area contributed by atoms with Gasteiger partial charge in [-0.05, 0) is 36.6 Å². The molecular formula is C20H18N6O2. The number of fused-ring (bicyclic) bond motifs is 1. The van der Waals surface area contributed by atoms with Crippen LogP contribution in [0.15, 0.2) is 36.7 Å². The summed E-state index contributed by atoms with van der Waals surface area (Å²) in [5.74, 6) is 0.178. The van der Waals surface area contributed by atoms with Crippen molar-refractivity contribution in [1.82, 2.24) is 20.3 Å². The number of hydrogen-bond acceptors (Lipinski definition) is 7. The number of nitrogens with one attached hydrogen (secondary N) is 1. The Labute approximate surface area is 161 Å². The Bertz CT molecular complexity index is 1070. The highest BCUT2D eigenvalue weighted by Gasteiger charge is 2.18. The number of nitriles is 1. The van der Waals surface area contributed by atoms with Crippen LogP contribution >= 0.6 is 0 Å². The van der Waals surface area contributed by atoms with Crippen LogP contribution in [0.25, 0.3) is 10.9 Å². The zero-order valence-electron chi connectivity index (χ0n) is 15.1. The van der Waals surface area contributed by atoms with E-state index in [0.717, 1.165) is 37.3 Å². The number of rotatable bonds is 4. The van der Waals surface area contributed by atoms with Gasteiger partial charge in [-0.2, -0.15) is 5.26 Å². The summed E-state index contributed by atoms with van der Waals surface area (Å²) < 4.78 is 0. The zero-order chi connectivity index (χ0) is 19.5. The van der Waals surface area contributed by atoms with Crippen LogP contribution in [0, 0.1) is 11.3 Å². The number of aromatic nitrogens is 3. The van der Waals surface area contributed by atoms with Gasteiger partial charge in [-0.3, -0.25) is 4.79 Å². The van der Waals surface area contributed by atoms with Gasteiger partial charge in [0.25, 0.3) is 5.91 Å². The molecule has 3 aromatic heterocycles. The van der Waals surface area contributed by atoms with E-state index in [2.05, 4.69) is 25.2 Å². The van der Waals surface area contributed by atoms with Crippen molar-refractivity contribution in [2.45, 2.75) is 19.4 Å². The molecule has 0 aromatic carbocycles. The van der Waals surface area contributed by atoms with Crippen LogP contribution in [0.5, 0.6) is 5.75 Å². The van der Waals surface area contributed by atoms with Crippen molar-refractivity contribution in [2.75, 3.05) is 18.0 Å². The van der Waals surface area contributed by atoms with Crippen LogP contribution in [0.4, 0.5) is 5.82 Å². The molecule has 0 aliphatic carbocycles. The van der Waals surface area contributed by atoms with Gasteiger partial charge in [-0.25, -0.2) is 15.0 Å². The molecule has 4 rings (SSSR count). The second kappa shape index (κ2) is 7.48. The lowest BCUT2D eigenvalue weighted by Crippen LogP contribution is -2.24. The Morgan fingerprint density at radius 3 is 2.71 bits per heavy atom. The van der Waals surface area contributed by atoms with Gasteiger partial charge in [0, 0.05) is 31.2 Å². The van der Waals surface area contributed by atoms with Gasteiger partial charge in [0.05, 0.1) is 11.7 Å². The lowest BCUT2D eigenvalue weighted by atomic mass is 10.2. The predicted molar refractivity (Wildman–Crippen MR) is 103 cm³/mol. The summed E-state index contributed by atoms with van der Waals surface area (Å²) in [5.41, 5.74) is 1.55. The third kappa shape index (κ3) is 3.42. The maximum absolute atomic E-state index is 12.4. The Morgan fingerprint density at radius 1 is 1.18 bits per heavy atom. The van der Waals surface area contributed by atoms with Crippen molar-refractivity contribution in [2.24, 2.45) is 0 Å². The van der Waals surface area contributed by atoms with E-state index in [1.54, 1.807) is 18.2 Å². The Hall–Kier alpha value is -3.73. The number of hydrogen-bond donors (Lipinski definition) is 2. The monoisotopic (exact) mass is 374 g/mol. The maximum atomic E-state index is 12.4. The Balaban J connectivity index is 1.52. The number of nitrogens with zero attached hydrogens (tertiary/aromatic N) is 5. The molecule has 0 spiro atoms. The summed E-state index contributed by atoms with van der Waals surface area (Å²) in [6.45, 7) is 2.16. The normalized spacial score (nSPS) is 13.5. The zero-order valence-corrected chi connectivity index (χ0v) is 15.1. The second-order valence-corrected chi connectivity index (χ2v) is 6.60. The summed E-state index contributed by atoms with van der Waals surface area (Å²) in [6, 6.07) is 8.86. The lowest BCUT2D eigenvalue weighted by Gasteiger charge is -2.17. The molecule has 28 heavy (non-hydrogen) atoms. The largest absolute Gasteiger partial charge is 0.505 e. The molecule has 1 fully saturated rings. The molecule has 8 heteroatoms. The number of anilines is 1. The average Bonchev–Trinajstić information content (AvgIpc) is 3.27. The topological polar surface area (TPSA) is 115 Å². The van der Waals surface area contributed by atoms with Gasteiger partial charge in [0.1, 0.15) is 17.6 Å². The fourth-order valence-corrected chi connectivity index (χ4v) is 3.23. The first-order chi connectivity index (χ1) is 13.7. The Morgan fingerprint density at radius 2 is 2.00 bits per heavy atom. The molecule has 1 amide bonds. The van der Waals surface area contributed by atoms with E-state index in [1.807, 2.05) is 12.1 Å². The molecule has 0 saturated carbocycles. The Kier molecular flexibility index (Phi) is 4.72. The molecule has 1 saturated heterocycles. The molecule has 2 N–H and O–H groups in total. The first-order valence-electron chi connectivity index (χ1n) is 9.02. The second-order valence-electron chi connectivity index (χ2n) is 6.60. The van der Waals surface area contributed by atoms with Gasteiger partial charge in [0.2, 0.25) is 0 Å². The van der Waals surface area contributed by atoms with E-state index in [9.17, 15) is 9.90 Å². The maximum Gasteiger partial charge on any atom is 0.274 e. The van der Waals surface area contributed by atoms with Crippen molar-refractivity contribution in [3.05, 3.63) is 53.6 Å². The first-order valence-corrected chi connectivity index (χ1v) is 9.02. The van der Waals surface area contributed by atoms with Crippen molar-refractivity contribution in [3.63, 3.8) is 0 Å². The highest BCUT2D eigenvalue weighted by atomic mass is 16.3. The summed E-state index contributed by atoms with van der Waals surface area (Å²) in [5, 5.41) is 22.5. The first kappa shape index (κ1) is 17.7. The third-order valence-electron chi connectivity index (χ3n) is 4.74. The molecule has 0 bridgehead atoms. The number of pyridine rings is 3. The molecule has 8 nitrogen and oxygen atoms in total. The fraction of sp³-hybridized carbons (Fsp3) is 0.250. The number of amides is 1. The standard InChI is InChI=1S/C20H18N6O2/c21-9-14-4-3-13(10-22-14)11-24-20(28)18-19(27)15-5-6-17(25-16(15)12-23-18)26-7-1-2-8-26/h3-6,10,12,27H,1-2,7-8,11H2,(H,24,28). The molecule has 1 aliphatic heterocycles. The van der Waals surface area contributed by atoms with Crippen LogP contribution in [-0.4, -0.2) is 39.1 Å². The fourth-order valence-electron chi connectivity index (χ4n) is 3.23. The van der Waals surface area contributed by atoms with Crippen LogP contribution < -0.4 is 10.2 Å². The number of carbonyl (C=O) groups is 1. The molecule has 140 valence electrons. The van der Waals surface area contributed by atoms with E-state index in [4.69, 9.17) is 5.26 Å². The quantitative estimate of drug-likeness (QED) is 0.719. The highest BCUT2D eigenvalue weighted by molar-refractivity contribution is 6.00. The number of aromatic hydroxyl groups is 1. The summed E-state index contributed by atoms with van der Waals surface area (Å²) in [7, 11) is 0. The van der Waals surface area contributed by atoms with Crippen LogP contribution in [0.3, 0.4) is 0 Å². The average molecular weight is 374 g/mol. The van der Waals surface area contributed by atoms with E-state index < -0.39 is 5.91 Å². The number of carbonyl (C=O) groups excluding carboxylic acids is 1. The van der Waals surface area contributed by atoms with E-state index in [0.29, 0.717) is 16.6 Å². The van der Waals surface area contributed by atoms with Crippen molar-refractivity contribution < 1.29 is 9.90 Å². The van der Waals surface area contributed by atoms with Crippen LogP contribution in [0.2, 0.25) is 0 Å². The van der Waals surface area contributed by atoms with Gasteiger partial charge >= 0.3 is 0 Å². The minimum atomic E-state index is -0.493. The van der Waals surface area contributed by atoms with Crippen molar-refractivity contribution >= 4 is 22.6 Å². The minimum Gasteiger partial charge on any atom is -0.505 e. The van der Waals surface area contributed by atoms with E-state index in [1.165, 1.54) is 12.4 Å². The van der Waals surface area contributed by atoms with Crippen molar-refractivity contribution in [1.29, 1.82) is 5.26 Å². The van der Waals surface area contributed by atoms with E-state index >= 15 is 0 Å². The molecule has 0 atom stereocenters. The highest BCUT2D eigenvalue weighted by Crippen LogP contribution is 2.28. The smallest absolute Gasteiger partial charge is 0.274 e. The molecule has 1 aliphatic rings. The molecular weight excluding hydrogens is 356 g/mol. The van der Waals surface area contributed by atoms with Gasteiger partial charge in [0.15, 0.2) is 11.4 Å². The van der Waals surface area contributed by atoms with Gasteiger partial charge in [-0.15, -0.1) is 0 Å². The minimum absolute atomic E-state index is 0.0511. The van der Waals surface area contributed by atoms with Gasteiger partial charge < -0.3 is 15.3 Å².